The molecule has 2 heterocycles. The Morgan fingerprint density at radius 2 is 1.86 bits per heavy atom. The van der Waals surface area contributed by atoms with Gasteiger partial charge in [-0.25, -0.2) is 4.85 Å². The Hall–Kier alpha value is -3.12. The maximum absolute atomic E-state index is 8.53. The summed E-state index contributed by atoms with van der Waals surface area (Å²) in [7, 11) is 1.96. The fraction of sp³-hybridized carbons (Fsp3) is 0.280. The number of pyridine rings is 1. The second kappa shape index (κ2) is 6.49. The zero-order valence-corrected chi connectivity index (χ0v) is 16.8. The van der Waals surface area contributed by atoms with E-state index in [1.807, 2.05) is 63.6 Å². The van der Waals surface area contributed by atoms with Gasteiger partial charge in [0.15, 0.2) is 5.69 Å². The van der Waals surface area contributed by atoms with E-state index in [1.54, 1.807) is 0 Å². The van der Waals surface area contributed by atoms with Crippen molar-refractivity contribution in [2.75, 3.05) is 0 Å². The minimum absolute atomic E-state index is 0.176. The molecule has 0 amide bonds. The number of furan rings is 1. The Balaban J connectivity index is 2.20. The largest absolute Gasteiger partial charge is 0.466 e. The van der Waals surface area contributed by atoms with Crippen molar-refractivity contribution < 1.29 is 14.5 Å². The van der Waals surface area contributed by atoms with Crippen molar-refractivity contribution in [1.82, 2.24) is 0 Å². The second-order valence-electron chi connectivity index (χ2n) is 7.51. The van der Waals surface area contributed by atoms with Crippen LogP contribution < -0.4 is 4.57 Å². The quantitative estimate of drug-likeness (QED) is 0.284. The molecular formula is C25H25N2O+. The zero-order chi connectivity index (χ0) is 23.6. The van der Waals surface area contributed by atoms with Gasteiger partial charge in [-0.05, 0) is 36.4 Å². The highest BCUT2D eigenvalue weighted by molar-refractivity contribution is 6.14. The number of fused-ring (bicyclic) bond motifs is 3. The summed E-state index contributed by atoms with van der Waals surface area (Å²) >= 11 is 0. The van der Waals surface area contributed by atoms with E-state index in [4.69, 9.17) is 16.5 Å². The lowest BCUT2D eigenvalue weighted by Gasteiger charge is -2.11. The van der Waals surface area contributed by atoms with Crippen molar-refractivity contribution in [3.8, 4) is 11.3 Å². The van der Waals surface area contributed by atoms with Crippen LogP contribution in [0.1, 0.15) is 47.6 Å². The Morgan fingerprint density at radius 3 is 2.54 bits per heavy atom. The molecule has 3 nitrogen and oxygen atoms in total. The number of hydrogen-bond acceptors (Lipinski definition) is 1. The van der Waals surface area contributed by atoms with Gasteiger partial charge in [0.2, 0.25) is 11.4 Å². The fourth-order valence-electron chi connectivity index (χ4n) is 3.76. The van der Waals surface area contributed by atoms with Gasteiger partial charge in [0, 0.05) is 35.3 Å². The molecule has 0 bridgehead atoms. The van der Waals surface area contributed by atoms with Crippen LogP contribution >= 0.6 is 0 Å². The van der Waals surface area contributed by atoms with Gasteiger partial charge in [-0.2, -0.15) is 4.57 Å². The van der Waals surface area contributed by atoms with Gasteiger partial charge in [0.05, 0.1) is 12.1 Å². The van der Waals surface area contributed by atoms with E-state index >= 15 is 0 Å². The van der Waals surface area contributed by atoms with Crippen LogP contribution in [0.5, 0.6) is 0 Å². The molecule has 0 N–H and O–H groups in total. The van der Waals surface area contributed by atoms with Crippen molar-refractivity contribution >= 4 is 27.6 Å². The van der Waals surface area contributed by atoms with Gasteiger partial charge in [0.25, 0.3) is 0 Å². The van der Waals surface area contributed by atoms with Crippen LogP contribution in [0.3, 0.4) is 0 Å². The highest BCUT2D eigenvalue weighted by atomic mass is 16.3. The van der Waals surface area contributed by atoms with Crippen molar-refractivity contribution in [2.24, 2.45) is 7.05 Å². The molecule has 0 radical (unpaired) electrons. The van der Waals surface area contributed by atoms with Gasteiger partial charge >= 0.3 is 0 Å². The average Bonchev–Trinajstić information content (AvgIpc) is 3.07. The predicted octanol–water partition coefficient (Wildman–Crippen LogP) is 6.68. The summed E-state index contributed by atoms with van der Waals surface area (Å²) in [6, 6.07) is 10.8. The number of rotatable bonds is 2. The Morgan fingerprint density at radius 1 is 1.11 bits per heavy atom. The average molecular weight is 374 g/mol. The number of nitrogens with zero attached hydrogens (tertiary/aromatic N) is 2. The van der Waals surface area contributed by atoms with Crippen LogP contribution in [-0.4, -0.2) is 0 Å². The summed E-state index contributed by atoms with van der Waals surface area (Å²) in [6.07, 6.45) is 0. The molecule has 28 heavy (non-hydrogen) atoms. The van der Waals surface area contributed by atoms with Gasteiger partial charge < -0.3 is 4.42 Å². The molecule has 0 aliphatic heterocycles. The van der Waals surface area contributed by atoms with E-state index < -0.39 is 12.7 Å². The van der Waals surface area contributed by atoms with Crippen molar-refractivity contribution in [3.05, 3.63) is 70.2 Å². The topological polar surface area (TPSA) is 21.4 Å². The van der Waals surface area contributed by atoms with E-state index in [0.29, 0.717) is 21.9 Å². The third kappa shape index (κ3) is 2.60. The molecule has 0 spiro atoms. The molecule has 0 aliphatic rings. The summed E-state index contributed by atoms with van der Waals surface area (Å²) < 4.78 is 40.9. The summed E-state index contributed by atoms with van der Waals surface area (Å²) in [5, 5.41) is 1.14. The van der Waals surface area contributed by atoms with E-state index in [9.17, 15) is 0 Å². The van der Waals surface area contributed by atoms with E-state index in [2.05, 4.69) is 4.85 Å². The molecule has 2 aromatic heterocycles. The minimum Gasteiger partial charge on any atom is -0.466 e. The lowest BCUT2D eigenvalue weighted by atomic mass is 9.95. The molecule has 4 rings (SSSR count). The van der Waals surface area contributed by atoms with Crippen LogP contribution in [0.25, 0.3) is 38.0 Å². The maximum Gasteiger partial charge on any atom is 0.229 e. The Labute approximate surface area is 171 Å². The van der Waals surface area contributed by atoms with Crippen LogP contribution in [-0.2, 0) is 7.05 Å². The zero-order valence-electron chi connectivity index (χ0n) is 20.8. The van der Waals surface area contributed by atoms with Crippen molar-refractivity contribution in [2.45, 2.75) is 40.4 Å². The first-order chi connectivity index (χ1) is 14.8. The molecule has 0 saturated carbocycles. The summed E-state index contributed by atoms with van der Waals surface area (Å²) in [4.78, 5) is 3.56. The van der Waals surface area contributed by atoms with Crippen LogP contribution in [0.2, 0.25) is 0 Å². The maximum atomic E-state index is 8.53. The predicted molar refractivity (Wildman–Crippen MR) is 115 cm³/mol. The normalized spacial score (nSPS) is 14.4. The molecule has 0 atom stereocenters. The van der Waals surface area contributed by atoms with E-state index in [-0.39, 0.29) is 11.3 Å². The fourth-order valence-corrected chi connectivity index (χ4v) is 3.76. The summed E-state index contributed by atoms with van der Waals surface area (Å²) in [5.74, 6) is -0.783. The summed E-state index contributed by atoms with van der Waals surface area (Å²) in [6.45, 7) is 12.9. The van der Waals surface area contributed by atoms with Crippen molar-refractivity contribution in [3.63, 3.8) is 0 Å². The Bertz CT molecular complexity index is 1430. The standard InChI is InChI=1S/C25H25N2O/c1-14(2)18-12-17(5)27(7)21(13-18)23-16(4)8-10-19-22-15(3)9-11-20(26-6)25(22)28-24(19)23/h8-14H,1-5,7H3/q+1/i3D3,14D. The van der Waals surface area contributed by atoms with Crippen LogP contribution in [0.4, 0.5) is 5.69 Å². The monoisotopic (exact) mass is 373 g/mol. The number of benzene rings is 2. The number of aromatic nitrogens is 1. The first-order valence-corrected chi connectivity index (χ1v) is 9.23. The van der Waals surface area contributed by atoms with Gasteiger partial charge in [-0.3, -0.25) is 0 Å². The van der Waals surface area contributed by atoms with Crippen LogP contribution in [0.15, 0.2) is 40.8 Å². The molecule has 0 saturated heterocycles. The molecule has 140 valence electrons. The molecule has 0 unspecified atom stereocenters. The number of aryl methyl sites for hydroxylation is 3. The third-order valence-electron chi connectivity index (χ3n) is 5.48. The molecular weight excluding hydrogens is 344 g/mol. The van der Waals surface area contributed by atoms with Crippen LogP contribution in [0, 0.1) is 27.3 Å². The first kappa shape index (κ1) is 14.0. The number of hydrogen-bond donors (Lipinski definition) is 0. The van der Waals surface area contributed by atoms with Gasteiger partial charge in [-0.15, -0.1) is 0 Å². The molecule has 3 heteroatoms. The lowest BCUT2D eigenvalue weighted by Crippen LogP contribution is -2.35. The molecule has 4 aromatic rings. The SMILES string of the molecule is [2H]C([2H])([2H])c1ccc([N+]#[C-])c2oc3c(-c4cc(C([2H])(C)C)cc(C)[n+]4C)c(C)ccc3c12. The second-order valence-corrected chi connectivity index (χ2v) is 7.51. The smallest absolute Gasteiger partial charge is 0.229 e. The molecule has 2 aromatic carbocycles. The van der Waals surface area contributed by atoms with E-state index in [0.717, 1.165) is 28.1 Å². The van der Waals surface area contributed by atoms with E-state index in [1.165, 1.54) is 12.1 Å². The molecule has 0 aliphatic carbocycles. The third-order valence-corrected chi connectivity index (χ3v) is 5.48. The lowest BCUT2D eigenvalue weighted by molar-refractivity contribution is -0.666. The highest BCUT2D eigenvalue weighted by Crippen LogP contribution is 2.41. The van der Waals surface area contributed by atoms with Crippen molar-refractivity contribution in [1.29, 1.82) is 0 Å². The Kier molecular flexibility index (Phi) is 3.24. The highest BCUT2D eigenvalue weighted by Gasteiger charge is 2.24. The minimum atomic E-state index is -2.34. The first-order valence-electron chi connectivity index (χ1n) is 11.2. The summed E-state index contributed by atoms with van der Waals surface area (Å²) in [5.41, 5.74) is 5.86. The van der Waals surface area contributed by atoms with Gasteiger partial charge in [-0.1, -0.05) is 38.1 Å². The molecule has 0 fully saturated rings. The van der Waals surface area contributed by atoms with Gasteiger partial charge in [0.1, 0.15) is 18.2 Å².